The van der Waals surface area contributed by atoms with Gasteiger partial charge in [0.25, 0.3) is 0 Å². The van der Waals surface area contributed by atoms with Gasteiger partial charge in [0.05, 0.1) is 18.5 Å². The minimum atomic E-state index is 0.360. The predicted octanol–water partition coefficient (Wildman–Crippen LogP) is 1.71. The second-order valence-corrected chi connectivity index (χ2v) is 3.10. The Morgan fingerprint density at radius 1 is 1.47 bits per heavy atom. The molecule has 0 atom stereocenters. The first-order valence-electron chi connectivity index (χ1n) is 4.36. The summed E-state index contributed by atoms with van der Waals surface area (Å²) in [6.07, 6.45) is 4.86. The zero-order valence-corrected chi connectivity index (χ0v) is 8.18. The second kappa shape index (κ2) is 3.42. The Balaban J connectivity index is 2.61. The second-order valence-electron chi connectivity index (χ2n) is 3.10. The monoisotopic (exact) mass is 199 g/mol. The molecule has 0 aliphatic rings. The van der Waals surface area contributed by atoms with E-state index in [1.165, 1.54) is 6.20 Å². The Labute approximate surface area is 87.0 Å². The third-order valence-electron chi connectivity index (χ3n) is 2.13. The summed E-state index contributed by atoms with van der Waals surface area (Å²) in [5, 5.41) is 4.07. The molecular formula is C10H9N5. The van der Waals surface area contributed by atoms with Crippen molar-refractivity contribution in [3.05, 3.63) is 41.6 Å². The van der Waals surface area contributed by atoms with E-state index >= 15 is 0 Å². The molecule has 0 spiro atoms. The van der Waals surface area contributed by atoms with Crippen molar-refractivity contribution in [1.29, 1.82) is 0 Å². The number of nitrogens with two attached hydrogens (primary N) is 1. The van der Waals surface area contributed by atoms with E-state index in [0.29, 0.717) is 11.5 Å². The van der Waals surface area contributed by atoms with Gasteiger partial charge >= 0.3 is 0 Å². The van der Waals surface area contributed by atoms with Crippen molar-refractivity contribution < 1.29 is 0 Å². The molecule has 15 heavy (non-hydrogen) atoms. The van der Waals surface area contributed by atoms with Crippen LogP contribution in [0.25, 0.3) is 10.5 Å². The molecule has 2 aromatic rings. The first kappa shape index (κ1) is 9.21. The van der Waals surface area contributed by atoms with Crippen molar-refractivity contribution in [1.82, 2.24) is 14.8 Å². The van der Waals surface area contributed by atoms with Crippen LogP contribution < -0.4 is 5.73 Å². The van der Waals surface area contributed by atoms with Crippen molar-refractivity contribution >= 4 is 11.5 Å². The third-order valence-corrected chi connectivity index (χ3v) is 2.13. The lowest BCUT2D eigenvalue weighted by molar-refractivity contribution is 0.879. The molecule has 2 aromatic heterocycles. The van der Waals surface area contributed by atoms with E-state index in [4.69, 9.17) is 12.3 Å². The molecule has 0 amide bonds. The molecule has 0 radical (unpaired) electrons. The fourth-order valence-corrected chi connectivity index (χ4v) is 1.33. The molecule has 2 heterocycles. The van der Waals surface area contributed by atoms with Crippen LogP contribution in [0.1, 0.15) is 5.56 Å². The lowest BCUT2D eigenvalue weighted by atomic mass is 10.2. The molecule has 0 aliphatic heterocycles. The van der Waals surface area contributed by atoms with Crippen LogP contribution in [0, 0.1) is 13.5 Å². The molecule has 0 unspecified atom stereocenters. The van der Waals surface area contributed by atoms with E-state index in [0.717, 1.165) is 11.3 Å². The van der Waals surface area contributed by atoms with Gasteiger partial charge in [-0.1, -0.05) is 0 Å². The number of hydrogen-bond donors (Lipinski definition) is 1. The van der Waals surface area contributed by atoms with Gasteiger partial charge in [0.1, 0.15) is 5.82 Å². The standard InChI is InChI=1S/C10H9N5/c1-7-5-13-4-3-9(7)15-10(11)8(12-2)6-14-15/h3-6H,11H2,1H3. The van der Waals surface area contributed by atoms with E-state index < -0.39 is 0 Å². The molecular weight excluding hydrogens is 190 g/mol. The van der Waals surface area contributed by atoms with Crippen LogP contribution >= 0.6 is 0 Å². The predicted molar refractivity (Wildman–Crippen MR) is 56.8 cm³/mol. The number of rotatable bonds is 1. The van der Waals surface area contributed by atoms with E-state index in [1.807, 2.05) is 13.0 Å². The smallest absolute Gasteiger partial charge is 0.247 e. The van der Waals surface area contributed by atoms with Crippen molar-refractivity contribution in [2.45, 2.75) is 6.92 Å². The molecule has 2 rings (SSSR count). The highest BCUT2D eigenvalue weighted by Gasteiger charge is 2.09. The van der Waals surface area contributed by atoms with Crippen LogP contribution in [-0.4, -0.2) is 14.8 Å². The first-order valence-corrected chi connectivity index (χ1v) is 4.36. The summed E-state index contributed by atoms with van der Waals surface area (Å²) >= 11 is 0. The summed E-state index contributed by atoms with van der Waals surface area (Å²) in [5.74, 6) is 0.360. The average molecular weight is 199 g/mol. The number of aryl methyl sites for hydroxylation is 1. The van der Waals surface area contributed by atoms with E-state index in [9.17, 15) is 0 Å². The molecule has 0 bridgehead atoms. The van der Waals surface area contributed by atoms with Crippen molar-refractivity contribution in [2.24, 2.45) is 0 Å². The summed E-state index contributed by atoms with van der Waals surface area (Å²) < 4.78 is 1.55. The Hall–Kier alpha value is -2.35. The van der Waals surface area contributed by atoms with Crippen molar-refractivity contribution in [3.63, 3.8) is 0 Å². The van der Waals surface area contributed by atoms with Crippen LogP contribution in [0.15, 0.2) is 24.7 Å². The molecule has 0 aliphatic carbocycles. The molecule has 0 fully saturated rings. The fourth-order valence-electron chi connectivity index (χ4n) is 1.33. The van der Waals surface area contributed by atoms with Gasteiger partial charge in [0.2, 0.25) is 5.69 Å². The molecule has 0 aromatic carbocycles. The van der Waals surface area contributed by atoms with E-state index in [1.54, 1.807) is 17.1 Å². The number of hydrogen-bond acceptors (Lipinski definition) is 3. The lowest BCUT2D eigenvalue weighted by Crippen LogP contribution is -2.03. The zero-order chi connectivity index (χ0) is 10.8. The molecule has 74 valence electrons. The SMILES string of the molecule is [C-]#[N+]c1cnn(-c2ccncc2C)c1N. The molecule has 0 saturated carbocycles. The van der Waals surface area contributed by atoms with Crippen LogP contribution in [0.3, 0.4) is 0 Å². The third kappa shape index (κ3) is 1.42. The number of aromatic nitrogens is 3. The minimum Gasteiger partial charge on any atom is -0.392 e. The van der Waals surface area contributed by atoms with Gasteiger partial charge in [-0.3, -0.25) is 4.98 Å². The first-order chi connectivity index (χ1) is 7.24. The van der Waals surface area contributed by atoms with Gasteiger partial charge in [-0.05, 0) is 18.6 Å². The largest absolute Gasteiger partial charge is 0.392 e. The highest BCUT2D eigenvalue weighted by molar-refractivity contribution is 5.65. The minimum absolute atomic E-state index is 0.360. The average Bonchev–Trinajstić information content (AvgIpc) is 2.60. The molecule has 0 saturated heterocycles. The zero-order valence-electron chi connectivity index (χ0n) is 8.18. The van der Waals surface area contributed by atoms with Crippen molar-refractivity contribution in [2.75, 3.05) is 5.73 Å². The normalized spacial score (nSPS) is 9.87. The lowest BCUT2D eigenvalue weighted by Gasteiger charge is -2.06. The highest BCUT2D eigenvalue weighted by atomic mass is 15.3. The molecule has 5 heteroatoms. The van der Waals surface area contributed by atoms with Crippen molar-refractivity contribution in [3.8, 4) is 5.69 Å². The van der Waals surface area contributed by atoms with Gasteiger partial charge in [-0.25, -0.2) is 9.53 Å². The quantitative estimate of drug-likeness (QED) is 0.711. The highest BCUT2D eigenvalue weighted by Crippen LogP contribution is 2.24. The van der Waals surface area contributed by atoms with Gasteiger partial charge < -0.3 is 5.73 Å². The Kier molecular flexibility index (Phi) is 2.10. The summed E-state index contributed by atoms with van der Waals surface area (Å²) in [4.78, 5) is 7.26. The number of pyridine rings is 1. The Morgan fingerprint density at radius 3 is 2.87 bits per heavy atom. The number of nitrogen functional groups attached to an aromatic ring is 1. The molecule has 5 nitrogen and oxygen atoms in total. The van der Waals surface area contributed by atoms with Crippen LogP contribution in [0.4, 0.5) is 11.5 Å². The maximum absolute atomic E-state index is 6.89. The summed E-state index contributed by atoms with van der Waals surface area (Å²) in [7, 11) is 0. The van der Waals surface area contributed by atoms with Gasteiger partial charge in [0, 0.05) is 12.4 Å². The van der Waals surface area contributed by atoms with E-state index in [-0.39, 0.29) is 0 Å². The van der Waals surface area contributed by atoms with Crippen LogP contribution in [0.2, 0.25) is 0 Å². The van der Waals surface area contributed by atoms with Gasteiger partial charge in [0.15, 0.2) is 0 Å². The maximum atomic E-state index is 6.89. The maximum Gasteiger partial charge on any atom is 0.247 e. The van der Waals surface area contributed by atoms with Gasteiger partial charge in [-0.2, -0.15) is 5.10 Å². The van der Waals surface area contributed by atoms with Crippen LogP contribution in [0.5, 0.6) is 0 Å². The topological polar surface area (TPSA) is 61.1 Å². The molecule has 2 N–H and O–H groups in total. The van der Waals surface area contributed by atoms with E-state index in [2.05, 4.69) is 14.9 Å². The number of nitrogens with zero attached hydrogens (tertiary/aromatic N) is 4. The van der Waals surface area contributed by atoms with Crippen LogP contribution in [-0.2, 0) is 0 Å². The number of anilines is 1. The van der Waals surface area contributed by atoms with Gasteiger partial charge in [-0.15, -0.1) is 0 Å². The summed E-state index contributed by atoms with van der Waals surface area (Å²) in [6.45, 7) is 8.81. The Bertz CT molecular complexity index is 535. The fraction of sp³-hybridized carbons (Fsp3) is 0.100. The Morgan fingerprint density at radius 2 is 2.27 bits per heavy atom. The summed E-state index contributed by atoms with van der Waals surface area (Å²) in [5.41, 5.74) is 7.95. The summed E-state index contributed by atoms with van der Waals surface area (Å²) in [6, 6.07) is 1.81.